The number of nitrogens with zero attached hydrogens (tertiary/aromatic N) is 2. The zero-order chi connectivity index (χ0) is 9.68. The zero-order valence-electron chi connectivity index (χ0n) is 7.34. The van der Waals surface area contributed by atoms with Gasteiger partial charge in [-0.05, 0) is 13.0 Å². The fourth-order valence-electron chi connectivity index (χ4n) is 0.719. The highest BCUT2D eigenvalue weighted by atomic mass is 32.2. The van der Waals surface area contributed by atoms with Gasteiger partial charge in [-0.25, -0.2) is 9.97 Å². The Kier molecular flexibility index (Phi) is 4.14. The number of hydrogen-bond donors (Lipinski definition) is 2. The van der Waals surface area contributed by atoms with Gasteiger partial charge in [-0.2, -0.15) is 0 Å². The van der Waals surface area contributed by atoms with E-state index >= 15 is 0 Å². The van der Waals surface area contributed by atoms with Crippen LogP contribution in [-0.2, 0) is 0 Å². The topological polar surface area (TPSA) is 66.2 Å². The Morgan fingerprint density at radius 3 is 3.00 bits per heavy atom. The second kappa shape index (κ2) is 5.16. The molecule has 0 saturated carbocycles. The van der Waals surface area contributed by atoms with Crippen LogP contribution >= 0.6 is 11.8 Å². The van der Waals surface area contributed by atoms with Crippen LogP contribution < -0.4 is 0 Å². The molecule has 0 saturated heterocycles. The third kappa shape index (κ3) is 3.71. The van der Waals surface area contributed by atoms with Crippen LogP contribution in [0.15, 0.2) is 17.4 Å². The summed E-state index contributed by atoms with van der Waals surface area (Å²) in [6.07, 6.45) is 0.977. The summed E-state index contributed by atoms with van der Waals surface area (Å²) in [4.78, 5) is 8.14. The fourth-order valence-corrected chi connectivity index (χ4v) is 1.51. The van der Waals surface area contributed by atoms with E-state index in [9.17, 15) is 0 Å². The third-order valence-corrected chi connectivity index (χ3v) is 2.39. The minimum atomic E-state index is -0.700. The van der Waals surface area contributed by atoms with Crippen molar-refractivity contribution in [3.05, 3.63) is 18.0 Å². The van der Waals surface area contributed by atoms with E-state index in [4.69, 9.17) is 10.2 Å². The van der Waals surface area contributed by atoms with Gasteiger partial charge in [0, 0.05) is 17.6 Å². The van der Waals surface area contributed by atoms with Crippen LogP contribution in [0.3, 0.4) is 0 Å². The van der Waals surface area contributed by atoms with Crippen molar-refractivity contribution in [3.63, 3.8) is 0 Å². The van der Waals surface area contributed by atoms with Crippen molar-refractivity contribution in [1.82, 2.24) is 9.97 Å². The van der Waals surface area contributed by atoms with Gasteiger partial charge in [-0.3, -0.25) is 0 Å². The first kappa shape index (κ1) is 10.4. The maximum absolute atomic E-state index is 9.06. The Bertz CT molecular complexity index is 270. The van der Waals surface area contributed by atoms with Gasteiger partial charge >= 0.3 is 0 Å². The Hall–Kier alpha value is -0.650. The molecule has 0 aromatic carbocycles. The lowest BCUT2D eigenvalue weighted by Crippen LogP contribution is -2.14. The second-order valence-corrected chi connectivity index (χ2v) is 3.62. The van der Waals surface area contributed by atoms with E-state index in [0.29, 0.717) is 10.9 Å². The van der Waals surface area contributed by atoms with Crippen LogP contribution in [-0.4, -0.2) is 38.6 Å². The van der Waals surface area contributed by atoms with Crippen molar-refractivity contribution in [1.29, 1.82) is 0 Å². The molecule has 1 aromatic rings. The number of aryl methyl sites for hydroxylation is 1. The monoisotopic (exact) mass is 200 g/mol. The van der Waals surface area contributed by atoms with Crippen LogP contribution in [0.1, 0.15) is 5.69 Å². The van der Waals surface area contributed by atoms with E-state index < -0.39 is 6.10 Å². The molecular formula is C8H12N2O2S. The zero-order valence-corrected chi connectivity index (χ0v) is 8.16. The van der Waals surface area contributed by atoms with Gasteiger partial charge in [0.1, 0.15) is 0 Å². The summed E-state index contributed by atoms with van der Waals surface area (Å²) in [7, 11) is 0. The minimum Gasteiger partial charge on any atom is -0.394 e. The normalized spacial score (nSPS) is 12.8. The molecule has 0 amide bonds. The van der Waals surface area contributed by atoms with E-state index in [1.165, 1.54) is 11.8 Å². The summed E-state index contributed by atoms with van der Waals surface area (Å²) in [5.74, 6) is 0.417. The lowest BCUT2D eigenvalue weighted by molar-refractivity contribution is 0.113. The molecule has 72 valence electrons. The molecule has 4 nitrogen and oxygen atoms in total. The summed E-state index contributed by atoms with van der Waals surface area (Å²) in [6, 6.07) is 1.81. The first-order valence-electron chi connectivity index (χ1n) is 3.93. The van der Waals surface area contributed by atoms with E-state index in [0.717, 1.165) is 5.69 Å². The highest BCUT2D eigenvalue weighted by Gasteiger charge is 2.04. The average Bonchev–Trinajstić information content (AvgIpc) is 2.14. The van der Waals surface area contributed by atoms with Crippen LogP contribution in [0.2, 0.25) is 0 Å². The van der Waals surface area contributed by atoms with Crippen molar-refractivity contribution in [2.75, 3.05) is 12.4 Å². The predicted octanol–water partition coefficient (Wildman–Crippen LogP) is 0.230. The van der Waals surface area contributed by atoms with Gasteiger partial charge in [0.05, 0.1) is 12.7 Å². The smallest absolute Gasteiger partial charge is 0.187 e. The van der Waals surface area contributed by atoms with Crippen molar-refractivity contribution in [2.24, 2.45) is 0 Å². The molecule has 1 rings (SSSR count). The summed E-state index contributed by atoms with van der Waals surface area (Å²) in [5.41, 5.74) is 0.899. The molecule has 0 aliphatic heterocycles. The average molecular weight is 200 g/mol. The van der Waals surface area contributed by atoms with Crippen molar-refractivity contribution >= 4 is 11.8 Å². The molecule has 1 aromatic heterocycles. The summed E-state index contributed by atoms with van der Waals surface area (Å²) >= 11 is 1.34. The van der Waals surface area contributed by atoms with Crippen molar-refractivity contribution in [2.45, 2.75) is 18.2 Å². The molecular weight excluding hydrogens is 188 g/mol. The van der Waals surface area contributed by atoms with Gasteiger partial charge in [-0.15, -0.1) is 0 Å². The first-order chi connectivity index (χ1) is 6.22. The molecule has 0 fully saturated rings. The lowest BCUT2D eigenvalue weighted by atomic mass is 10.4. The molecule has 0 spiro atoms. The first-order valence-corrected chi connectivity index (χ1v) is 4.92. The number of hydrogen-bond acceptors (Lipinski definition) is 5. The van der Waals surface area contributed by atoms with Crippen molar-refractivity contribution < 1.29 is 10.2 Å². The van der Waals surface area contributed by atoms with Gasteiger partial charge in [0.25, 0.3) is 0 Å². The molecule has 0 aliphatic rings. The molecule has 1 heterocycles. The molecule has 0 aliphatic carbocycles. The highest BCUT2D eigenvalue weighted by Crippen LogP contribution is 2.13. The van der Waals surface area contributed by atoms with Gasteiger partial charge in [0.15, 0.2) is 5.16 Å². The maximum Gasteiger partial charge on any atom is 0.187 e. The molecule has 1 atom stereocenters. The van der Waals surface area contributed by atoms with E-state index in [1.807, 2.05) is 13.0 Å². The Morgan fingerprint density at radius 1 is 1.62 bits per heavy atom. The Balaban J connectivity index is 2.45. The van der Waals surface area contributed by atoms with E-state index in [1.54, 1.807) is 6.20 Å². The van der Waals surface area contributed by atoms with Gasteiger partial charge in [0.2, 0.25) is 0 Å². The lowest BCUT2D eigenvalue weighted by Gasteiger charge is -2.04. The number of aliphatic hydroxyl groups excluding tert-OH is 2. The number of aliphatic hydroxyl groups is 2. The summed E-state index contributed by atoms with van der Waals surface area (Å²) in [5, 5.41) is 18.3. The number of aromatic nitrogens is 2. The van der Waals surface area contributed by atoms with Crippen LogP contribution in [0.25, 0.3) is 0 Å². The summed E-state index contributed by atoms with van der Waals surface area (Å²) < 4.78 is 0. The highest BCUT2D eigenvalue weighted by molar-refractivity contribution is 7.99. The van der Waals surface area contributed by atoms with Crippen LogP contribution in [0.4, 0.5) is 0 Å². The summed E-state index contributed by atoms with van der Waals surface area (Å²) in [6.45, 7) is 1.66. The quantitative estimate of drug-likeness (QED) is 0.538. The van der Waals surface area contributed by atoms with Crippen molar-refractivity contribution in [3.8, 4) is 0 Å². The van der Waals surface area contributed by atoms with Crippen LogP contribution in [0, 0.1) is 6.92 Å². The predicted molar refractivity (Wildman–Crippen MR) is 50.6 cm³/mol. The fraction of sp³-hybridized carbons (Fsp3) is 0.500. The maximum atomic E-state index is 9.06. The molecule has 1 unspecified atom stereocenters. The largest absolute Gasteiger partial charge is 0.394 e. The molecule has 5 heteroatoms. The SMILES string of the molecule is Cc1ccnc(SCC(O)CO)n1. The van der Waals surface area contributed by atoms with Gasteiger partial charge < -0.3 is 10.2 Å². The molecule has 0 radical (unpaired) electrons. The molecule has 0 bridgehead atoms. The molecule has 13 heavy (non-hydrogen) atoms. The van der Waals surface area contributed by atoms with Gasteiger partial charge in [-0.1, -0.05) is 11.8 Å². The minimum absolute atomic E-state index is 0.223. The Morgan fingerprint density at radius 2 is 2.38 bits per heavy atom. The Labute approximate surface area is 81.0 Å². The third-order valence-electron chi connectivity index (χ3n) is 1.39. The van der Waals surface area contributed by atoms with Crippen LogP contribution in [0.5, 0.6) is 0 Å². The molecule has 2 N–H and O–H groups in total. The van der Waals surface area contributed by atoms with E-state index in [2.05, 4.69) is 9.97 Å². The number of thioether (sulfide) groups is 1. The number of rotatable bonds is 4. The standard InChI is InChI=1S/C8H12N2O2S/c1-6-2-3-9-8(10-6)13-5-7(12)4-11/h2-3,7,11-12H,4-5H2,1H3. The van der Waals surface area contributed by atoms with E-state index in [-0.39, 0.29) is 6.61 Å². The second-order valence-electron chi connectivity index (χ2n) is 2.63.